The molecule has 0 spiro atoms. The summed E-state index contributed by atoms with van der Waals surface area (Å²) in [6.45, 7) is 2.45. The van der Waals surface area contributed by atoms with Crippen molar-refractivity contribution in [3.05, 3.63) is 11.6 Å². The maximum atomic E-state index is 13.6. The van der Waals surface area contributed by atoms with Crippen molar-refractivity contribution in [2.75, 3.05) is 19.8 Å². The Morgan fingerprint density at radius 1 is 0.820 bits per heavy atom. The van der Waals surface area contributed by atoms with Crippen molar-refractivity contribution in [2.45, 2.75) is 175 Å². The molecule has 0 unspecified atom stereocenters. The zero-order valence-electron chi connectivity index (χ0n) is 34.0. The van der Waals surface area contributed by atoms with Gasteiger partial charge in [-0.2, -0.15) is 0 Å². The molecule has 0 radical (unpaired) electrons. The summed E-state index contributed by atoms with van der Waals surface area (Å²) in [4.78, 5) is 25.7. The lowest BCUT2D eigenvalue weighted by Gasteiger charge is -2.64. The molecule has 61 heavy (non-hydrogen) atoms. The lowest BCUT2D eigenvalue weighted by atomic mass is 9.42. The van der Waals surface area contributed by atoms with Gasteiger partial charge in [-0.05, 0) is 68.8 Å². The number of hydrogen-bond acceptors (Lipinski definition) is 20. The summed E-state index contributed by atoms with van der Waals surface area (Å²) < 4.78 is 47.3. The van der Waals surface area contributed by atoms with Crippen molar-refractivity contribution in [3.63, 3.8) is 0 Å². The van der Waals surface area contributed by atoms with Crippen LogP contribution in [-0.4, -0.2) is 193 Å². The highest BCUT2D eigenvalue weighted by atomic mass is 16.8. The number of rotatable bonds is 8. The van der Waals surface area contributed by atoms with Gasteiger partial charge in [-0.3, -0.25) is 0 Å². The van der Waals surface area contributed by atoms with E-state index in [1.807, 2.05) is 6.92 Å². The molecule has 0 amide bonds. The number of hydrogen-bond donors (Lipinski definition) is 10. The highest BCUT2D eigenvalue weighted by Gasteiger charge is 2.72. The second-order valence-electron chi connectivity index (χ2n) is 19.4. The van der Waals surface area contributed by atoms with E-state index < -0.39 is 146 Å². The minimum Gasteiger partial charge on any atom is -0.458 e. The topological polar surface area (TPSA) is 310 Å². The van der Waals surface area contributed by atoms with Crippen LogP contribution in [0.3, 0.4) is 0 Å². The van der Waals surface area contributed by atoms with E-state index in [1.165, 1.54) is 6.08 Å². The van der Waals surface area contributed by atoms with E-state index in [9.17, 15) is 60.7 Å². The average Bonchev–Trinajstić information content (AvgIpc) is 3.74. The molecule has 9 rings (SSSR count). The zero-order chi connectivity index (χ0) is 43.6. The van der Waals surface area contributed by atoms with Crippen LogP contribution in [0, 0.1) is 34.5 Å². The molecular weight excluding hydrogens is 812 g/mol. The van der Waals surface area contributed by atoms with E-state index >= 15 is 0 Å². The Morgan fingerprint density at radius 2 is 1.52 bits per heavy atom. The minimum absolute atomic E-state index is 0.0145. The number of ether oxygens (including phenoxy) is 8. The summed E-state index contributed by atoms with van der Waals surface area (Å²) in [5.41, 5.74) is -2.45. The predicted molar refractivity (Wildman–Crippen MR) is 198 cm³/mol. The van der Waals surface area contributed by atoms with Gasteiger partial charge in [-0.1, -0.05) is 6.92 Å². The molecule has 10 N–H and O–H groups in total. The summed E-state index contributed by atoms with van der Waals surface area (Å²) in [6.07, 6.45) is -17.0. The van der Waals surface area contributed by atoms with Gasteiger partial charge in [0.15, 0.2) is 12.6 Å². The molecule has 20 heteroatoms. The normalized spacial score (nSPS) is 56.8. The number of aliphatic hydroxyl groups excluding tert-OH is 8. The number of carbonyl (C=O) groups excluding carboxylic acids is 2. The summed E-state index contributed by atoms with van der Waals surface area (Å²) in [5.74, 6) is -4.09. The van der Waals surface area contributed by atoms with Crippen LogP contribution in [0.2, 0.25) is 0 Å². The average molecular weight is 873 g/mol. The van der Waals surface area contributed by atoms with Crippen LogP contribution in [0.4, 0.5) is 0 Å². The van der Waals surface area contributed by atoms with Gasteiger partial charge < -0.3 is 93.8 Å². The monoisotopic (exact) mass is 872 g/mol. The van der Waals surface area contributed by atoms with Gasteiger partial charge in [-0.25, -0.2) is 4.79 Å². The van der Waals surface area contributed by atoms with Gasteiger partial charge in [0.2, 0.25) is 12.1 Å². The van der Waals surface area contributed by atoms with E-state index in [4.69, 9.17) is 37.9 Å². The Labute approximate surface area is 351 Å². The number of fused-ring (bicyclic) bond motifs is 7. The van der Waals surface area contributed by atoms with Crippen molar-refractivity contribution in [3.8, 4) is 0 Å². The molecule has 4 saturated heterocycles. The highest BCUT2D eigenvalue weighted by molar-refractivity contribution is 5.85. The SMILES string of the molecule is C[C@@H]1C[C@H](O[C@@H]2O[C@H](CO[C@@H]3O[C@H](CO)[C@@H](O)[C@H](O)[C@H]3O)[C@@H](O)[C@H](O)[C@H]2O)[C@]2(O)O[C@@H]3C[C@@]4(C=O)[C@@H](CC[C@@H]5[C@@H]4CC[C@]4(C)[C@@H](C6=CC(=O)OC6)[C@H](O)C[C@]54O)C[C@H]3O[C@@H]2O1. The van der Waals surface area contributed by atoms with Crippen LogP contribution in [-0.2, 0) is 47.5 Å². The molecule has 4 saturated carbocycles. The molecule has 344 valence electrons. The first kappa shape index (κ1) is 44.4. The lowest BCUT2D eigenvalue weighted by Crippen LogP contribution is -2.72. The van der Waals surface area contributed by atoms with Crippen molar-refractivity contribution in [1.82, 2.24) is 0 Å². The predicted octanol–water partition coefficient (Wildman–Crippen LogP) is -3.38. The molecule has 9 aliphatic rings. The third-order valence-corrected chi connectivity index (χ3v) is 16.3. The van der Waals surface area contributed by atoms with Gasteiger partial charge in [-0.15, -0.1) is 0 Å². The van der Waals surface area contributed by atoms with E-state index in [0.717, 1.165) is 6.29 Å². The van der Waals surface area contributed by atoms with Crippen LogP contribution < -0.4 is 0 Å². The number of esters is 1. The van der Waals surface area contributed by atoms with E-state index in [1.54, 1.807) is 6.92 Å². The Morgan fingerprint density at radius 3 is 2.21 bits per heavy atom. The van der Waals surface area contributed by atoms with Crippen LogP contribution in [0.5, 0.6) is 0 Å². The van der Waals surface area contributed by atoms with Gasteiger partial charge in [0, 0.05) is 35.7 Å². The zero-order valence-corrected chi connectivity index (χ0v) is 34.0. The van der Waals surface area contributed by atoms with Gasteiger partial charge in [0.05, 0.1) is 43.2 Å². The van der Waals surface area contributed by atoms with Crippen molar-refractivity contribution >= 4 is 12.3 Å². The Hall–Kier alpha value is -1.80. The molecule has 5 aliphatic heterocycles. The second-order valence-corrected chi connectivity index (χ2v) is 19.4. The molecule has 0 aromatic carbocycles. The largest absolute Gasteiger partial charge is 0.458 e. The van der Waals surface area contributed by atoms with Crippen molar-refractivity contribution in [1.29, 1.82) is 0 Å². The first-order valence-corrected chi connectivity index (χ1v) is 21.6. The number of aldehydes is 1. The van der Waals surface area contributed by atoms with Crippen molar-refractivity contribution < 1.29 is 98.5 Å². The molecule has 0 aromatic rings. The van der Waals surface area contributed by atoms with Crippen LogP contribution in [0.1, 0.15) is 65.2 Å². The number of aliphatic hydroxyl groups is 10. The summed E-state index contributed by atoms with van der Waals surface area (Å²) in [7, 11) is 0. The molecular formula is C41H60O20. The minimum atomic E-state index is -2.33. The van der Waals surface area contributed by atoms with E-state index in [-0.39, 0.29) is 43.6 Å². The Balaban J connectivity index is 0.921. The summed E-state index contributed by atoms with van der Waals surface area (Å²) in [5, 5.41) is 110. The van der Waals surface area contributed by atoms with Gasteiger partial charge >= 0.3 is 5.97 Å². The van der Waals surface area contributed by atoms with E-state index in [0.29, 0.717) is 37.7 Å². The van der Waals surface area contributed by atoms with Gasteiger partial charge in [0.25, 0.3) is 0 Å². The molecule has 20 nitrogen and oxygen atoms in total. The molecule has 5 heterocycles. The fourth-order valence-electron chi connectivity index (χ4n) is 13.1. The maximum Gasteiger partial charge on any atom is 0.331 e. The highest BCUT2D eigenvalue weighted by Crippen LogP contribution is 2.70. The quantitative estimate of drug-likeness (QED) is 0.0646. The molecule has 0 aromatic heterocycles. The van der Waals surface area contributed by atoms with E-state index in [2.05, 4.69) is 0 Å². The fraction of sp³-hybridized carbons (Fsp3) is 0.902. The number of cyclic esters (lactones) is 1. The molecule has 4 aliphatic carbocycles. The fourth-order valence-corrected chi connectivity index (χ4v) is 13.1. The number of carbonyl (C=O) groups is 2. The third kappa shape index (κ3) is 6.82. The van der Waals surface area contributed by atoms with Gasteiger partial charge in [0.1, 0.15) is 67.8 Å². The second kappa shape index (κ2) is 16.0. The Kier molecular flexibility index (Phi) is 11.6. The lowest BCUT2D eigenvalue weighted by molar-refractivity contribution is -0.471. The van der Waals surface area contributed by atoms with Crippen LogP contribution in [0.25, 0.3) is 0 Å². The van der Waals surface area contributed by atoms with Crippen LogP contribution in [0.15, 0.2) is 11.6 Å². The maximum absolute atomic E-state index is 13.6. The molecule has 0 bridgehead atoms. The van der Waals surface area contributed by atoms with Crippen molar-refractivity contribution in [2.24, 2.45) is 34.5 Å². The standard InChI is InChI=1S/C41H60O20/c1-16-7-26(60-36-34(51)32(49)30(47)25(58-36)14-55-35-33(50)31(48)29(46)24(12-42)57-35)41(53)37(56-16)59-22-9-18-3-4-20-19(39(18,15-43)11-23(22)61-41)5-6-38(2)28(17-8-27(45)54-13-17)21(44)10-40(20,38)52/h8,15-16,18-26,28-37,42,44,46-53H,3-7,9-14H2,1-2H3/t16-,18+,19+,20-,21-,22-,23-,24-,25-,26+,28+,29-,30-,31+,32+,33-,34-,35-,36+,37+,38-,39-,40+,41+/m1/s1. The van der Waals surface area contributed by atoms with Crippen LogP contribution >= 0.6 is 0 Å². The first-order chi connectivity index (χ1) is 28.9. The first-order valence-electron chi connectivity index (χ1n) is 21.6. The Bertz CT molecular complexity index is 1700. The summed E-state index contributed by atoms with van der Waals surface area (Å²) in [6, 6.07) is 0. The molecule has 8 fully saturated rings. The smallest absolute Gasteiger partial charge is 0.331 e. The molecule has 24 atom stereocenters. The summed E-state index contributed by atoms with van der Waals surface area (Å²) >= 11 is 0. The third-order valence-electron chi connectivity index (χ3n) is 16.3.